The molecule has 0 bridgehead atoms. The summed E-state index contributed by atoms with van der Waals surface area (Å²) in [5.41, 5.74) is 1.23. The maximum absolute atomic E-state index is 12.2. The summed E-state index contributed by atoms with van der Waals surface area (Å²) in [6.45, 7) is 7.12. The van der Waals surface area contributed by atoms with Gasteiger partial charge in [0.15, 0.2) is 6.10 Å². The van der Waals surface area contributed by atoms with Gasteiger partial charge in [-0.3, -0.25) is 10.1 Å². The molecular formula is C22H29NO10. The zero-order valence-electron chi connectivity index (χ0n) is 18.7. The van der Waals surface area contributed by atoms with Gasteiger partial charge in [-0.2, -0.15) is 0 Å². The van der Waals surface area contributed by atoms with E-state index in [-0.39, 0.29) is 12.6 Å². The zero-order valence-corrected chi connectivity index (χ0v) is 18.7. The van der Waals surface area contributed by atoms with Crippen molar-refractivity contribution < 1.29 is 49.0 Å². The highest BCUT2D eigenvalue weighted by molar-refractivity contribution is 5.86. The van der Waals surface area contributed by atoms with Gasteiger partial charge in [-0.05, 0) is 57.0 Å². The Bertz CT molecular complexity index is 907. The molecule has 1 saturated heterocycles. The Morgan fingerprint density at radius 3 is 2.36 bits per heavy atom. The lowest BCUT2D eigenvalue weighted by molar-refractivity contribution is -0.277. The van der Waals surface area contributed by atoms with Crippen molar-refractivity contribution in [2.75, 3.05) is 11.9 Å². The van der Waals surface area contributed by atoms with Crippen molar-refractivity contribution in [3.8, 4) is 0 Å². The van der Waals surface area contributed by atoms with Crippen LogP contribution in [0.5, 0.6) is 0 Å². The number of carbonyl (C=O) groups excluding carboxylic acids is 2. The molecule has 182 valence electrons. The van der Waals surface area contributed by atoms with Gasteiger partial charge in [0.1, 0.15) is 24.9 Å². The molecule has 11 heteroatoms. The molecule has 1 aromatic rings. The summed E-state index contributed by atoms with van der Waals surface area (Å²) in [5, 5.41) is 40.8. The van der Waals surface area contributed by atoms with Gasteiger partial charge in [-0.15, -0.1) is 0 Å². The standard InChI is InChI=1S/C22H29NO10/c1-11-10-12(6-5-9-31-20(29)22(2,3)4)7-8-13(11)23-21(30)33-19-16(26)14(24)15(25)17(32-19)18(27)28/h5-8,10,14-17,19,24-26H,9H2,1-4H3,(H,23,30)(H,27,28)/b6-5+/t14-,15-,16+,17-,19-/m0/s1. The summed E-state index contributed by atoms with van der Waals surface area (Å²) in [5.74, 6) is -1.90. The Labute approximate surface area is 190 Å². The Hall–Kier alpha value is -2.99. The molecule has 0 unspecified atom stereocenters. The first-order valence-corrected chi connectivity index (χ1v) is 10.2. The van der Waals surface area contributed by atoms with Gasteiger partial charge < -0.3 is 34.6 Å². The summed E-state index contributed by atoms with van der Waals surface area (Å²) in [6.07, 6.45) is -6.93. The van der Waals surface area contributed by atoms with Gasteiger partial charge in [-0.25, -0.2) is 9.59 Å². The normalized spacial score (nSPS) is 25.5. The fourth-order valence-electron chi connectivity index (χ4n) is 2.85. The summed E-state index contributed by atoms with van der Waals surface area (Å²) < 4.78 is 15.0. The molecule has 0 aliphatic carbocycles. The largest absolute Gasteiger partial charge is 0.479 e. The van der Waals surface area contributed by atoms with E-state index < -0.39 is 48.2 Å². The fourth-order valence-corrected chi connectivity index (χ4v) is 2.85. The van der Waals surface area contributed by atoms with Crippen LogP contribution in [0.15, 0.2) is 24.3 Å². The van der Waals surface area contributed by atoms with Gasteiger partial charge >= 0.3 is 18.0 Å². The lowest BCUT2D eigenvalue weighted by atomic mass is 9.97. The number of aryl methyl sites for hydroxylation is 1. The van der Waals surface area contributed by atoms with E-state index in [1.165, 1.54) is 0 Å². The quantitative estimate of drug-likeness (QED) is 0.381. The molecule has 5 atom stereocenters. The predicted molar refractivity (Wildman–Crippen MR) is 115 cm³/mol. The molecule has 1 heterocycles. The van der Waals surface area contributed by atoms with Crippen LogP contribution in [0.2, 0.25) is 0 Å². The lowest BCUT2D eigenvalue weighted by Gasteiger charge is -2.37. The van der Waals surface area contributed by atoms with Crippen LogP contribution in [-0.2, 0) is 23.8 Å². The summed E-state index contributed by atoms with van der Waals surface area (Å²) in [6, 6.07) is 5.04. The van der Waals surface area contributed by atoms with Crippen LogP contribution < -0.4 is 5.32 Å². The molecule has 0 spiro atoms. The number of esters is 1. The molecule has 1 amide bonds. The number of carboxylic acids is 1. The average Bonchev–Trinajstić information content (AvgIpc) is 2.72. The Morgan fingerprint density at radius 1 is 1.12 bits per heavy atom. The molecule has 0 radical (unpaired) electrons. The van der Waals surface area contributed by atoms with Crippen molar-refractivity contribution >= 4 is 29.8 Å². The number of ether oxygens (including phenoxy) is 3. The topological polar surface area (TPSA) is 172 Å². The SMILES string of the molecule is Cc1cc(/C=C/COC(=O)C(C)(C)C)ccc1NC(=O)O[C@@H]1O[C@H](C(=O)O)[C@@H](O)[C@H](O)[C@H]1O. The molecule has 0 saturated carbocycles. The molecule has 0 aromatic heterocycles. The minimum atomic E-state index is -1.89. The Balaban J connectivity index is 1.95. The smallest absolute Gasteiger partial charge is 0.414 e. The number of anilines is 1. The van der Waals surface area contributed by atoms with Crippen LogP contribution in [0.4, 0.5) is 10.5 Å². The van der Waals surface area contributed by atoms with Crippen LogP contribution in [-0.4, -0.2) is 75.8 Å². The van der Waals surface area contributed by atoms with Crippen LogP contribution in [0, 0.1) is 12.3 Å². The second kappa shape index (κ2) is 10.8. The third-order valence-corrected chi connectivity index (χ3v) is 4.76. The molecule has 1 fully saturated rings. The maximum Gasteiger partial charge on any atom is 0.414 e. The van der Waals surface area contributed by atoms with Crippen molar-refractivity contribution in [2.45, 2.75) is 58.4 Å². The number of carboxylic acid groups (broad SMARTS) is 1. The molecule has 33 heavy (non-hydrogen) atoms. The van der Waals surface area contributed by atoms with Crippen LogP contribution in [0.25, 0.3) is 6.08 Å². The van der Waals surface area contributed by atoms with E-state index >= 15 is 0 Å². The van der Waals surface area contributed by atoms with Gasteiger partial charge in [0.2, 0.25) is 6.29 Å². The van der Waals surface area contributed by atoms with Crippen LogP contribution >= 0.6 is 0 Å². The van der Waals surface area contributed by atoms with E-state index in [0.717, 1.165) is 5.56 Å². The van der Waals surface area contributed by atoms with E-state index in [4.69, 9.17) is 19.3 Å². The summed E-state index contributed by atoms with van der Waals surface area (Å²) >= 11 is 0. The highest BCUT2D eigenvalue weighted by atomic mass is 16.7. The molecule has 1 aliphatic heterocycles. The predicted octanol–water partition coefficient (Wildman–Crippen LogP) is 1.04. The van der Waals surface area contributed by atoms with Crippen molar-refractivity contribution in [2.24, 2.45) is 5.41 Å². The van der Waals surface area contributed by atoms with E-state index in [9.17, 15) is 29.7 Å². The first kappa shape index (κ1) is 26.3. The minimum absolute atomic E-state index is 0.114. The number of aliphatic hydroxyl groups excluding tert-OH is 3. The fraction of sp³-hybridized carbons (Fsp3) is 0.500. The van der Waals surface area contributed by atoms with Gasteiger partial charge in [0.25, 0.3) is 0 Å². The molecule has 1 aliphatic rings. The number of amides is 1. The second-order valence-corrected chi connectivity index (χ2v) is 8.59. The second-order valence-electron chi connectivity index (χ2n) is 8.59. The average molecular weight is 467 g/mol. The number of aliphatic hydroxyl groups is 3. The minimum Gasteiger partial charge on any atom is -0.479 e. The number of rotatable bonds is 6. The molecule has 5 N–H and O–H groups in total. The van der Waals surface area contributed by atoms with Crippen molar-refractivity contribution in [3.63, 3.8) is 0 Å². The number of benzene rings is 1. The third-order valence-electron chi connectivity index (χ3n) is 4.76. The van der Waals surface area contributed by atoms with Crippen molar-refractivity contribution in [3.05, 3.63) is 35.4 Å². The number of nitrogens with one attached hydrogen (secondary N) is 1. The number of aliphatic carboxylic acids is 1. The first-order valence-electron chi connectivity index (χ1n) is 10.2. The van der Waals surface area contributed by atoms with E-state index in [2.05, 4.69) is 5.32 Å². The lowest BCUT2D eigenvalue weighted by Crippen LogP contribution is -2.60. The Morgan fingerprint density at radius 2 is 1.79 bits per heavy atom. The zero-order chi connectivity index (χ0) is 24.9. The van der Waals surface area contributed by atoms with E-state index in [1.807, 2.05) is 0 Å². The summed E-state index contributed by atoms with van der Waals surface area (Å²) in [7, 11) is 0. The molecular weight excluding hydrogens is 438 g/mol. The number of carbonyl (C=O) groups is 3. The molecule has 11 nitrogen and oxygen atoms in total. The highest BCUT2D eigenvalue weighted by Crippen LogP contribution is 2.24. The maximum atomic E-state index is 12.2. The number of hydrogen-bond acceptors (Lipinski definition) is 9. The van der Waals surface area contributed by atoms with Gasteiger partial charge in [0, 0.05) is 5.69 Å². The van der Waals surface area contributed by atoms with Gasteiger partial charge in [-0.1, -0.05) is 12.1 Å². The van der Waals surface area contributed by atoms with Crippen LogP contribution in [0.3, 0.4) is 0 Å². The monoisotopic (exact) mass is 467 g/mol. The number of hydrogen-bond donors (Lipinski definition) is 5. The summed E-state index contributed by atoms with van der Waals surface area (Å²) in [4.78, 5) is 35.1. The first-order chi connectivity index (χ1) is 15.3. The van der Waals surface area contributed by atoms with E-state index in [0.29, 0.717) is 11.3 Å². The Kier molecular flexibility index (Phi) is 8.56. The third kappa shape index (κ3) is 6.99. The van der Waals surface area contributed by atoms with Gasteiger partial charge in [0.05, 0.1) is 5.41 Å². The molecule has 2 rings (SSSR count). The molecule has 1 aromatic carbocycles. The van der Waals surface area contributed by atoms with E-state index in [1.54, 1.807) is 58.0 Å². The van der Waals surface area contributed by atoms with Crippen molar-refractivity contribution in [1.82, 2.24) is 0 Å². The van der Waals surface area contributed by atoms with Crippen molar-refractivity contribution in [1.29, 1.82) is 0 Å². The van der Waals surface area contributed by atoms with Crippen LogP contribution in [0.1, 0.15) is 31.9 Å². The highest BCUT2D eigenvalue weighted by Gasteiger charge is 2.48.